The molecule has 11 heteroatoms. The number of pyridine rings is 2. The van der Waals surface area contributed by atoms with Crippen LogP contribution in [-0.4, -0.2) is 66.6 Å². The van der Waals surface area contributed by atoms with Gasteiger partial charge in [0.25, 0.3) is 11.8 Å². The smallest absolute Gasteiger partial charge is 0.261 e. The fourth-order valence-electron chi connectivity index (χ4n) is 7.62. The highest BCUT2D eigenvalue weighted by molar-refractivity contribution is 7.17. The number of amides is 3. The Morgan fingerprint density at radius 3 is 2.47 bits per heavy atom. The molecule has 10 nitrogen and oxygen atoms in total. The van der Waals surface area contributed by atoms with Crippen molar-refractivity contribution in [2.24, 2.45) is 5.41 Å². The first kappa shape index (κ1) is 37.9. The summed E-state index contributed by atoms with van der Waals surface area (Å²) in [6.45, 7) is 12.9. The molecule has 1 aliphatic carbocycles. The van der Waals surface area contributed by atoms with Crippen LogP contribution in [0.3, 0.4) is 0 Å². The SMILES string of the molecule is C=CCC1(CCC)CN(c2ccc(C)cn2)C1.COCC1(NC(=O)c2cc3c(s2)-c2ncccc2N(C(=O)c2ccc(NC(C)=O)cc2)CC3)CCC1. The van der Waals surface area contributed by atoms with Crippen molar-refractivity contribution in [3.05, 3.63) is 101 Å². The van der Waals surface area contributed by atoms with Gasteiger partial charge in [0.15, 0.2) is 0 Å². The molecule has 0 spiro atoms. The van der Waals surface area contributed by atoms with Gasteiger partial charge in [0.2, 0.25) is 5.91 Å². The number of allylic oxidation sites excluding steroid dienone is 1. The number of carbonyl (C=O) groups excluding carboxylic acids is 3. The number of anilines is 3. The van der Waals surface area contributed by atoms with Gasteiger partial charge in [0.1, 0.15) is 11.5 Å². The van der Waals surface area contributed by atoms with Crippen molar-refractivity contribution in [3.8, 4) is 10.6 Å². The van der Waals surface area contributed by atoms with Crippen LogP contribution in [-0.2, 0) is 16.0 Å². The molecule has 7 rings (SSSR count). The highest BCUT2D eigenvalue weighted by Crippen LogP contribution is 2.42. The van der Waals surface area contributed by atoms with E-state index in [1.165, 1.54) is 36.7 Å². The third-order valence-electron chi connectivity index (χ3n) is 10.4. The molecule has 53 heavy (non-hydrogen) atoms. The average Bonchev–Trinajstić information content (AvgIpc) is 3.48. The molecule has 3 aromatic heterocycles. The van der Waals surface area contributed by atoms with Gasteiger partial charge in [-0.25, -0.2) is 4.98 Å². The van der Waals surface area contributed by atoms with E-state index in [0.29, 0.717) is 46.8 Å². The van der Waals surface area contributed by atoms with Crippen molar-refractivity contribution < 1.29 is 19.1 Å². The van der Waals surface area contributed by atoms with E-state index < -0.39 is 0 Å². The molecule has 2 fully saturated rings. The average molecular weight is 735 g/mol. The molecule has 2 N–H and O–H groups in total. The number of thiophene rings is 1. The van der Waals surface area contributed by atoms with Crippen LogP contribution in [0.1, 0.15) is 83.5 Å². The van der Waals surface area contributed by atoms with Gasteiger partial charge in [-0.15, -0.1) is 17.9 Å². The molecule has 4 aromatic rings. The van der Waals surface area contributed by atoms with Crippen molar-refractivity contribution in [2.75, 3.05) is 48.5 Å². The monoisotopic (exact) mass is 734 g/mol. The van der Waals surface area contributed by atoms with E-state index in [1.54, 1.807) is 42.5 Å². The topological polar surface area (TPSA) is 117 Å². The summed E-state index contributed by atoms with van der Waals surface area (Å²) in [7, 11) is 1.66. The number of nitrogens with one attached hydrogen (secondary N) is 2. The maximum atomic E-state index is 13.5. The summed E-state index contributed by atoms with van der Waals surface area (Å²) in [5.74, 6) is 0.724. The van der Waals surface area contributed by atoms with E-state index >= 15 is 0 Å². The van der Waals surface area contributed by atoms with Crippen LogP contribution in [0.15, 0.2) is 79.6 Å². The first-order valence-corrected chi connectivity index (χ1v) is 19.3. The number of hydrogen-bond acceptors (Lipinski definition) is 8. The Morgan fingerprint density at radius 1 is 1.08 bits per heavy atom. The number of rotatable bonds is 11. The second-order valence-corrected chi connectivity index (χ2v) is 15.7. The molecule has 1 saturated carbocycles. The summed E-state index contributed by atoms with van der Waals surface area (Å²) in [6.07, 6.45) is 12.9. The predicted octanol–water partition coefficient (Wildman–Crippen LogP) is 7.84. The molecular formula is C42H50N6O4S. The second kappa shape index (κ2) is 16.4. The standard InChI is InChI=1S/C27H28N4O4S.C15H22N2/c1-17(32)29-20-8-6-18(7-9-20)26(34)31-14-10-19-15-22(25(33)30-27(16-35-2)11-4-12-27)36-24(19)23-21(31)5-3-13-28-23;1-4-8-15(9-5-2)11-17(12-15)14-7-6-13(3)10-16-14/h3,5-9,13,15H,4,10-12,14,16H2,1-2H3,(H,29,32)(H,30,33);4,6-7,10H,1,5,8-9,11-12H2,2-3H3. The maximum absolute atomic E-state index is 13.5. The predicted molar refractivity (Wildman–Crippen MR) is 213 cm³/mol. The third-order valence-corrected chi connectivity index (χ3v) is 11.5. The van der Waals surface area contributed by atoms with Gasteiger partial charge in [-0.3, -0.25) is 19.4 Å². The first-order valence-electron chi connectivity index (χ1n) is 18.5. The summed E-state index contributed by atoms with van der Waals surface area (Å²) in [5.41, 5.74) is 5.00. The number of aromatic nitrogens is 2. The molecule has 3 amide bonds. The van der Waals surface area contributed by atoms with Gasteiger partial charge in [-0.05, 0) is 105 Å². The highest BCUT2D eigenvalue weighted by Gasteiger charge is 2.42. The van der Waals surface area contributed by atoms with Gasteiger partial charge in [-0.1, -0.05) is 25.5 Å². The van der Waals surface area contributed by atoms with Crippen LogP contribution in [0.25, 0.3) is 10.6 Å². The number of ether oxygens (including phenoxy) is 1. The molecule has 2 aliphatic heterocycles. The van der Waals surface area contributed by atoms with E-state index in [4.69, 9.17) is 4.74 Å². The zero-order valence-corrected chi connectivity index (χ0v) is 32.1. The van der Waals surface area contributed by atoms with E-state index in [1.807, 2.05) is 24.4 Å². The Balaban J connectivity index is 0.000000236. The molecule has 1 saturated heterocycles. The summed E-state index contributed by atoms with van der Waals surface area (Å²) in [4.78, 5) is 52.7. The van der Waals surface area contributed by atoms with Gasteiger partial charge in [0, 0.05) is 62.7 Å². The third kappa shape index (κ3) is 8.52. The molecule has 5 heterocycles. The van der Waals surface area contributed by atoms with Crippen molar-refractivity contribution in [2.45, 2.75) is 71.3 Å². The minimum atomic E-state index is -0.276. The van der Waals surface area contributed by atoms with Crippen LogP contribution < -0.4 is 20.4 Å². The van der Waals surface area contributed by atoms with Crippen LogP contribution in [0.2, 0.25) is 0 Å². The zero-order chi connectivity index (χ0) is 37.6. The normalized spacial score (nSPS) is 16.3. The Hall–Kier alpha value is -4.87. The fourth-order valence-corrected chi connectivity index (χ4v) is 8.73. The molecular weight excluding hydrogens is 685 g/mol. The van der Waals surface area contributed by atoms with E-state index in [0.717, 1.165) is 60.7 Å². The summed E-state index contributed by atoms with van der Waals surface area (Å²) >= 11 is 1.42. The number of carbonyl (C=O) groups is 3. The molecule has 3 aliphatic rings. The minimum absolute atomic E-state index is 0.0884. The number of benzene rings is 1. The van der Waals surface area contributed by atoms with Crippen LogP contribution in [0.5, 0.6) is 0 Å². The van der Waals surface area contributed by atoms with Gasteiger partial charge < -0.3 is 25.2 Å². The lowest BCUT2D eigenvalue weighted by Gasteiger charge is -2.51. The van der Waals surface area contributed by atoms with Crippen molar-refractivity contribution in [1.29, 1.82) is 0 Å². The summed E-state index contributed by atoms with van der Waals surface area (Å²) in [6, 6.07) is 16.8. The number of fused-ring (bicyclic) bond motifs is 3. The molecule has 0 bridgehead atoms. The lowest BCUT2D eigenvalue weighted by Crippen LogP contribution is -2.56. The van der Waals surface area contributed by atoms with Crippen LogP contribution in [0, 0.1) is 12.3 Å². The molecule has 278 valence electrons. The van der Waals surface area contributed by atoms with Crippen molar-refractivity contribution in [3.63, 3.8) is 0 Å². The number of hydrogen-bond donors (Lipinski definition) is 2. The minimum Gasteiger partial charge on any atom is -0.382 e. The molecule has 0 unspecified atom stereocenters. The Labute approximate surface area is 316 Å². The largest absolute Gasteiger partial charge is 0.382 e. The molecule has 1 aromatic carbocycles. The second-order valence-electron chi connectivity index (χ2n) is 14.6. The number of methoxy groups -OCH3 is 1. The lowest BCUT2D eigenvalue weighted by atomic mass is 9.73. The zero-order valence-electron chi connectivity index (χ0n) is 31.2. The summed E-state index contributed by atoms with van der Waals surface area (Å²) in [5, 5.41) is 5.91. The van der Waals surface area contributed by atoms with Gasteiger partial charge in [0.05, 0.1) is 27.6 Å². The van der Waals surface area contributed by atoms with Crippen LogP contribution in [0.4, 0.5) is 17.2 Å². The Morgan fingerprint density at radius 2 is 1.85 bits per heavy atom. The quantitative estimate of drug-likeness (QED) is 0.151. The Kier molecular flexibility index (Phi) is 11.7. The first-order chi connectivity index (χ1) is 25.6. The Bertz CT molecular complexity index is 1930. The fraction of sp³-hybridized carbons (Fsp3) is 0.405. The van der Waals surface area contributed by atoms with Crippen LogP contribution >= 0.6 is 11.3 Å². The van der Waals surface area contributed by atoms with E-state index in [9.17, 15) is 14.4 Å². The number of nitrogens with zero attached hydrogens (tertiary/aromatic N) is 4. The van der Waals surface area contributed by atoms with E-state index in [-0.39, 0.29) is 23.3 Å². The highest BCUT2D eigenvalue weighted by atomic mass is 32.1. The van der Waals surface area contributed by atoms with Crippen molar-refractivity contribution in [1.82, 2.24) is 15.3 Å². The molecule has 0 atom stereocenters. The van der Waals surface area contributed by atoms with Crippen molar-refractivity contribution >= 4 is 46.3 Å². The number of aryl methyl sites for hydroxylation is 1. The maximum Gasteiger partial charge on any atom is 0.261 e. The lowest BCUT2D eigenvalue weighted by molar-refractivity contribution is -0.114. The van der Waals surface area contributed by atoms with Gasteiger partial charge >= 0.3 is 0 Å². The van der Waals surface area contributed by atoms with Gasteiger partial charge in [-0.2, -0.15) is 0 Å². The molecule has 0 radical (unpaired) electrons. The van der Waals surface area contributed by atoms with E-state index in [2.05, 4.69) is 64.1 Å². The summed E-state index contributed by atoms with van der Waals surface area (Å²) < 4.78 is 5.35.